The first-order chi connectivity index (χ1) is 21.1. The molecular weight excluding hydrogens is 565 g/mol. The van der Waals surface area contributed by atoms with Gasteiger partial charge in [-0.25, -0.2) is 0 Å². The number of likely N-dealkylation sites (tertiary alicyclic amines) is 1. The summed E-state index contributed by atoms with van der Waals surface area (Å²) >= 11 is 1.71. The topological polar surface area (TPSA) is 78.1 Å². The van der Waals surface area contributed by atoms with E-state index in [9.17, 15) is 9.59 Å². The number of amides is 1. The molecule has 3 aliphatic rings. The van der Waals surface area contributed by atoms with Gasteiger partial charge in [0.1, 0.15) is 10.6 Å². The van der Waals surface area contributed by atoms with E-state index >= 15 is 0 Å². The molecule has 1 aromatic carbocycles. The van der Waals surface area contributed by atoms with Crippen LogP contribution in [0.2, 0.25) is 0 Å². The van der Waals surface area contributed by atoms with E-state index in [0.29, 0.717) is 30.1 Å². The van der Waals surface area contributed by atoms with Crippen LogP contribution in [0.3, 0.4) is 0 Å². The molecule has 7 heteroatoms. The van der Waals surface area contributed by atoms with E-state index in [1.54, 1.807) is 11.3 Å². The number of ketones is 1. The van der Waals surface area contributed by atoms with Crippen molar-refractivity contribution in [1.82, 2.24) is 20.2 Å². The second-order valence-electron chi connectivity index (χ2n) is 14.2. The molecule has 0 radical (unpaired) electrons. The Kier molecular flexibility index (Phi) is 7.53. The van der Waals surface area contributed by atoms with E-state index in [4.69, 9.17) is 0 Å². The number of rotatable bonds is 8. The molecule has 6 nitrogen and oxygen atoms in total. The normalized spacial score (nSPS) is 24.0. The summed E-state index contributed by atoms with van der Waals surface area (Å²) in [4.78, 5) is 40.0. The number of nitrogens with one attached hydrogen (secondary N) is 2. The molecule has 5 heterocycles. The highest BCUT2D eigenvalue weighted by atomic mass is 32.1. The number of benzene rings is 1. The number of carbonyl (C=O) groups is 2. The van der Waals surface area contributed by atoms with Crippen LogP contribution in [0.5, 0.6) is 0 Å². The van der Waals surface area contributed by atoms with Crippen LogP contribution in [0.15, 0.2) is 48.8 Å². The van der Waals surface area contributed by atoms with Gasteiger partial charge in [0, 0.05) is 60.0 Å². The smallest absolute Gasteiger partial charge is 0.223 e. The minimum Gasteiger partial charge on any atom is -0.346 e. The zero-order chi connectivity index (χ0) is 30.7. The van der Waals surface area contributed by atoms with Gasteiger partial charge in [-0.1, -0.05) is 24.1 Å². The van der Waals surface area contributed by atoms with Crippen molar-refractivity contribution >= 4 is 33.2 Å². The lowest BCUT2D eigenvalue weighted by molar-refractivity contribution is -0.130. The van der Waals surface area contributed by atoms with Crippen LogP contribution in [0.4, 0.5) is 0 Å². The van der Waals surface area contributed by atoms with Crippen LogP contribution in [0.1, 0.15) is 85.4 Å². The van der Waals surface area contributed by atoms with Crippen molar-refractivity contribution in [1.29, 1.82) is 0 Å². The monoisotopic (exact) mass is 608 g/mol. The Morgan fingerprint density at radius 1 is 1.07 bits per heavy atom. The highest BCUT2D eigenvalue weighted by Crippen LogP contribution is 2.47. The molecule has 4 unspecified atom stereocenters. The van der Waals surface area contributed by atoms with Gasteiger partial charge in [0.15, 0.2) is 0 Å². The molecule has 4 aromatic rings. The summed E-state index contributed by atoms with van der Waals surface area (Å²) in [5.41, 5.74) is 6.59. The Hall–Kier alpha value is -3.29. The maximum atomic E-state index is 14.0. The fourth-order valence-corrected chi connectivity index (χ4v) is 9.51. The van der Waals surface area contributed by atoms with E-state index in [0.717, 1.165) is 65.2 Å². The van der Waals surface area contributed by atoms with Gasteiger partial charge in [0.05, 0.1) is 11.1 Å². The van der Waals surface area contributed by atoms with Crippen LogP contribution in [0, 0.1) is 25.7 Å². The Labute approximate surface area is 264 Å². The highest BCUT2D eigenvalue weighted by molar-refractivity contribution is 7.19. The van der Waals surface area contributed by atoms with Gasteiger partial charge in [-0.3, -0.25) is 14.6 Å². The molecule has 1 saturated carbocycles. The number of thiophene rings is 1. The summed E-state index contributed by atoms with van der Waals surface area (Å²) in [6.07, 6.45) is 7.39. The zero-order valence-corrected chi connectivity index (χ0v) is 27.4. The van der Waals surface area contributed by atoms with Crippen molar-refractivity contribution < 1.29 is 9.59 Å². The third-order valence-corrected chi connectivity index (χ3v) is 12.1. The lowest BCUT2D eigenvalue weighted by Crippen LogP contribution is -2.39. The summed E-state index contributed by atoms with van der Waals surface area (Å²) in [6.45, 7) is 13.2. The molecule has 3 fully saturated rings. The number of H-pyrrole nitrogens is 1. The second-order valence-corrected chi connectivity index (χ2v) is 15.3. The number of hydrogen-bond acceptors (Lipinski definition) is 5. The molecule has 0 spiro atoms. The number of hydrogen-bond donors (Lipinski definition) is 2. The second kappa shape index (κ2) is 11.3. The molecule has 230 valence electrons. The van der Waals surface area contributed by atoms with Gasteiger partial charge in [0.2, 0.25) is 5.91 Å². The summed E-state index contributed by atoms with van der Waals surface area (Å²) in [6, 6.07) is 13.4. The minimum atomic E-state index is -0.560. The lowest BCUT2D eigenvalue weighted by Gasteiger charge is -2.27. The molecular formula is C37H44N4O2S. The molecule has 2 saturated heterocycles. The van der Waals surface area contributed by atoms with Crippen molar-refractivity contribution in [2.45, 2.75) is 83.6 Å². The quantitative estimate of drug-likeness (QED) is 0.221. The van der Waals surface area contributed by atoms with Crippen molar-refractivity contribution in [2.75, 3.05) is 19.6 Å². The predicted molar refractivity (Wildman–Crippen MR) is 178 cm³/mol. The Morgan fingerprint density at radius 3 is 2.48 bits per heavy atom. The van der Waals surface area contributed by atoms with Crippen molar-refractivity contribution in [3.63, 3.8) is 0 Å². The van der Waals surface area contributed by atoms with Crippen LogP contribution in [-0.2, 0) is 15.0 Å². The first-order valence-electron chi connectivity index (χ1n) is 16.3. The Morgan fingerprint density at radius 2 is 1.82 bits per heavy atom. The molecule has 2 bridgehead atoms. The summed E-state index contributed by atoms with van der Waals surface area (Å²) < 4.78 is 0. The van der Waals surface area contributed by atoms with Crippen LogP contribution >= 0.6 is 11.3 Å². The number of aryl methyl sites for hydroxylation is 2. The third kappa shape index (κ3) is 5.12. The fourth-order valence-electron chi connectivity index (χ4n) is 8.33. The molecule has 2 aliphatic heterocycles. The zero-order valence-electron chi connectivity index (χ0n) is 26.6. The van der Waals surface area contributed by atoms with Crippen molar-refractivity contribution in [2.24, 2.45) is 11.8 Å². The van der Waals surface area contributed by atoms with E-state index in [1.807, 2.05) is 17.3 Å². The predicted octanol–water partition coefficient (Wildman–Crippen LogP) is 7.26. The van der Waals surface area contributed by atoms with Gasteiger partial charge < -0.3 is 15.2 Å². The number of aromatic nitrogens is 2. The Bertz CT molecular complexity index is 1680. The summed E-state index contributed by atoms with van der Waals surface area (Å²) in [7, 11) is 0. The van der Waals surface area contributed by atoms with Gasteiger partial charge in [-0.05, 0) is 112 Å². The SMILES string of the molecule is Cc1cc(C)cc(-c2[nH]c3sc(C(C)(C)C(=O)C4C5CCC4NC5)cc3c2[C@@H](C)CC(=O)N2CCC(c3ccncc3)C2)c1. The van der Waals surface area contributed by atoms with Crippen LogP contribution in [0.25, 0.3) is 21.5 Å². The molecule has 5 atom stereocenters. The summed E-state index contributed by atoms with van der Waals surface area (Å²) in [5.74, 6) is 1.55. The van der Waals surface area contributed by atoms with Gasteiger partial charge >= 0.3 is 0 Å². The molecule has 44 heavy (non-hydrogen) atoms. The van der Waals surface area contributed by atoms with Crippen molar-refractivity contribution in [3.8, 4) is 11.3 Å². The number of Topliss-reactive ketones (excluding diaryl/α,β-unsaturated/α-hetero) is 1. The highest BCUT2D eigenvalue weighted by Gasteiger charge is 2.50. The fraction of sp³-hybridized carbons (Fsp3) is 0.486. The maximum absolute atomic E-state index is 14.0. The van der Waals surface area contributed by atoms with E-state index in [2.05, 4.69) is 86.3 Å². The molecule has 1 aliphatic carbocycles. The standard InChI is InChI=1S/C37H44N4O2S/c1-21-14-22(2)16-27(15-21)34-32(23(3)17-31(42)41-13-10-26(20-41)24-8-11-38-12-9-24)28-18-30(44-36(28)40-34)37(4,5)35(43)33-25-6-7-29(33)39-19-25/h8-9,11-12,14-16,18,23,25-26,29,33,39-40H,6-7,10,13,17,19-20H2,1-5H3/t23-,25?,26?,29?,33?/m0/s1. The summed E-state index contributed by atoms with van der Waals surface area (Å²) in [5, 5.41) is 4.74. The number of fused-ring (bicyclic) bond motifs is 3. The van der Waals surface area contributed by atoms with Gasteiger partial charge in [-0.2, -0.15) is 0 Å². The van der Waals surface area contributed by atoms with E-state index in [1.165, 1.54) is 22.3 Å². The van der Waals surface area contributed by atoms with Gasteiger partial charge in [-0.15, -0.1) is 11.3 Å². The number of carbonyl (C=O) groups excluding carboxylic acids is 2. The first-order valence-corrected chi connectivity index (χ1v) is 17.1. The van der Waals surface area contributed by atoms with E-state index < -0.39 is 5.41 Å². The minimum absolute atomic E-state index is 0.0168. The Balaban J connectivity index is 1.20. The average Bonchev–Trinajstić information content (AvgIpc) is 3.82. The number of piperidine rings is 1. The number of aromatic amines is 1. The molecule has 7 rings (SSSR count). The van der Waals surface area contributed by atoms with Crippen LogP contribution in [-0.4, -0.2) is 52.2 Å². The third-order valence-electron chi connectivity index (χ3n) is 10.7. The largest absolute Gasteiger partial charge is 0.346 e. The van der Waals surface area contributed by atoms with Gasteiger partial charge in [0.25, 0.3) is 0 Å². The number of nitrogens with zero attached hydrogens (tertiary/aromatic N) is 2. The maximum Gasteiger partial charge on any atom is 0.223 e. The average molecular weight is 609 g/mol. The molecule has 2 N–H and O–H groups in total. The number of pyridine rings is 1. The molecule has 1 amide bonds. The van der Waals surface area contributed by atoms with E-state index in [-0.39, 0.29) is 17.7 Å². The van der Waals surface area contributed by atoms with Crippen LogP contribution < -0.4 is 5.32 Å². The lowest BCUT2D eigenvalue weighted by atomic mass is 9.76. The molecule has 3 aromatic heterocycles. The first kappa shape index (κ1) is 29.4. The van der Waals surface area contributed by atoms with Crippen molar-refractivity contribution in [3.05, 3.63) is 75.9 Å².